The zero-order valence-electron chi connectivity index (χ0n) is 28.1. The number of aliphatic hydroxyl groups excluding tert-OH is 1. The number of ketones is 1. The summed E-state index contributed by atoms with van der Waals surface area (Å²) in [7, 11) is 1.15. The molecule has 0 saturated carbocycles. The number of rotatable bonds is 20. The Kier molecular flexibility index (Phi) is 16.1. The van der Waals surface area contributed by atoms with Crippen molar-refractivity contribution in [1.82, 2.24) is 0 Å². The molecule has 0 aliphatic rings. The summed E-state index contributed by atoms with van der Waals surface area (Å²) < 4.78 is 29.0. The van der Waals surface area contributed by atoms with Gasteiger partial charge in [-0.25, -0.2) is 0 Å². The van der Waals surface area contributed by atoms with Crippen LogP contribution < -0.4 is 4.74 Å². The maximum Gasteiger partial charge on any atom is 0.313 e. The first-order chi connectivity index (χ1) is 19.9. The van der Waals surface area contributed by atoms with E-state index in [-0.39, 0.29) is 30.1 Å². The van der Waals surface area contributed by atoms with Gasteiger partial charge >= 0.3 is 5.97 Å². The highest BCUT2D eigenvalue weighted by Crippen LogP contribution is 2.37. The van der Waals surface area contributed by atoms with Crippen molar-refractivity contribution in [2.45, 2.75) is 110 Å². The molecule has 1 N–H and O–H groups in total. The van der Waals surface area contributed by atoms with Crippen LogP contribution in [0, 0.1) is 11.8 Å². The summed E-state index contributed by atoms with van der Waals surface area (Å²) >= 11 is 0. The highest BCUT2D eigenvalue weighted by molar-refractivity contribution is 6.74. The number of carbonyl (C=O) groups is 2. The van der Waals surface area contributed by atoms with Gasteiger partial charge in [0.05, 0.1) is 38.6 Å². The largest absolute Gasteiger partial charge is 0.497 e. The molecular formula is C34H56O8Si. The quantitative estimate of drug-likeness (QED) is 0.0747. The molecule has 6 atom stereocenters. The molecular weight excluding hydrogens is 564 g/mol. The van der Waals surface area contributed by atoms with E-state index < -0.39 is 50.7 Å². The lowest BCUT2D eigenvalue weighted by Crippen LogP contribution is -2.43. The number of carbonyl (C=O) groups excluding carboxylic acids is 2. The van der Waals surface area contributed by atoms with Gasteiger partial charge in [-0.3, -0.25) is 9.59 Å². The minimum absolute atomic E-state index is 0.0102. The fraction of sp³-hybridized carbons (Fsp3) is 0.647. The van der Waals surface area contributed by atoms with Crippen molar-refractivity contribution < 1.29 is 38.1 Å². The Hall–Kier alpha value is -2.30. The van der Waals surface area contributed by atoms with Gasteiger partial charge in [-0.2, -0.15) is 0 Å². The Bertz CT molecular complexity index is 1030. The smallest absolute Gasteiger partial charge is 0.313 e. The number of hydrogen-bond donors (Lipinski definition) is 1. The van der Waals surface area contributed by atoms with Gasteiger partial charge in [0.2, 0.25) is 0 Å². The van der Waals surface area contributed by atoms with Crippen molar-refractivity contribution in [3.8, 4) is 5.75 Å². The minimum Gasteiger partial charge on any atom is -0.497 e. The van der Waals surface area contributed by atoms with Gasteiger partial charge in [-0.15, -0.1) is 13.2 Å². The predicted molar refractivity (Wildman–Crippen MR) is 174 cm³/mol. The van der Waals surface area contributed by atoms with Crippen LogP contribution in [-0.2, 0) is 34.8 Å². The second-order valence-electron chi connectivity index (χ2n) is 13.1. The molecule has 1 aromatic rings. The standard InChI is InChI=1S/C34H56O8Si/c1-13-31(39-10)25(5)33(40-21-26-14-16-28(38-9)17-15-26)24(4)30(36)19-27(35)20-32(37)42-29(18-23(2)3)22-41-43(11,12)34(6,7)8/h13-17,24-25,29-31,33,36H,1-2,18-22H2,3-12H3/t24-,25-,29+,30-,31-,33-/m1/s1. The SMILES string of the molecule is C=C[C@@H](OC)[C@@H](C)[C@H](OCc1ccc(OC)cc1)[C@H](C)[C@H](O)CC(=O)CC(=O)O[C@H](CO[Si](C)(C)C(C)(C)C)CC(=C)C. The van der Waals surface area contributed by atoms with E-state index in [9.17, 15) is 14.7 Å². The first kappa shape index (κ1) is 38.7. The third kappa shape index (κ3) is 13.1. The molecule has 0 aliphatic carbocycles. The number of benzene rings is 1. The summed E-state index contributed by atoms with van der Waals surface area (Å²) in [6.45, 7) is 24.7. The van der Waals surface area contributed by atoms with Gasteiger partial charge in [-0.05, 0) is 42.8 Å². The molecule has 1 rings (SSSR count). The topological polar surface area (TPSA) is 101 Å². The van der Waals surface area contributed by atoms with Crippen molar-refractivity contribution in [1.29, 1.82) is 0 Å². The number of ether oxygens (including phenoxy) is 4. The lowest BCUT2D eigenvalue weighted by Gasteiger charge is -2.37. The zero-order valence-corrected chi connectivity index (χ0v) is 29.1. The Morgan fingerprint density at radius 1 is 1.05 bits per heavy atom. The number of Topliss-reactive ketones (excluding diaryl/α,β-unsaturated/α-hetero) is 1. The van der Waals surface area contributed by atoms with Crippen LogP contribution in [0.5, 0.6) is 5.75 Å². The van der Waals surface area contributed by atoms with Crippen molar-refractivity contribution in [2.24, 2.45) is 11.8 Å². The molecule has 8 nitrogen and oxygen atoms in total. The minimum atomic E-state index is -2.06. The Balaban J connectivity index is 2.88. The first-order valence-corrected chi connectivity index (χ1v) is 17.9. The van der Waals surface area contributed by atoms with E-state index in [4.69, 9.17) is 23.4 Å². The van der Waals surface area contributed by atoms with Crippen molar-refractivity contribution in [2.75, 3.05) is 20.8 Å². The fourth-order valence-electron chi connectivity index (χ4n) is 4.55. The monoisotopic (exact) mass is 620 g/mol. The van der Waals surface area contributed by atoms with Gasteiger partial charge < -0.3 is 28.5 Å². The van der Waals surface area contributed by atoms with Gasteiger partial charge in [0.1, 0.15) is 24.1 Å². The van der Waals surface area contributed by atoms with Crippen LogP contribution in [0.15, 0.2) is 49.1 Å². The number of aliphatic hydroxyl groups is 1. The Labute approximate surface area is 260 Å². The van der Waals surface area contributed by atoms with E-state index in [1.807, 2.05) is 45.0 Å². The molecule has 1 aromatic carbocycles. The van der Waals surface area contributed by atoms with Crippen molar-refractivity contribution >= 4 is 20.1 Å². The van der Waals surface area contributed by atoms with Crippen LogP contribution in [0.3, 0.4) is 0 Å². The molecule has 0 amide bonds. The molecule has 0 radical (unpaired) electrons. The second kappa shape index (κ2) is 17.9. The number of methoxy groups -OCH3 is 2. The van der Waals surface area contributed by atoms with E-state index in [0.29, 0.717) is 13.0 Å². The summed E-state index contributed by atoms with van der Waals surface area (Å²) in [6.07, 6.45) is -0.850. The summed E-state index contributed by atoms with van der Waals surface area (Å²) in [4.78, 5) is 25.7. The highest BCUT2D eigenvalue weighted by Gasteiger charge is 2.38. The summed E-state index contributed by atoms with van der Waals surface area (Å²) in [6, 6.07) is 7.54. The molecule has 0 heterocycles. The molecule has 0 saturated heterocycles. The van der Waals surface area contributed by atoms with E-state index in [1.54, 1.807) is 20.3 Å². The molecule has 0 spiro atoms. The third-order valence-electron chi connectivity index (χ3n) is 8.36. The second-order valence-corrected chi connectivity index (χ2v) is 17.9. The molecule has 0 bridgehead atoms. The molecule has 9 heteroatoms. The molecule has 0 unspecified atom stereocenters. The normalized spacial score (nSPS) is 16.3. The summed E-state index contributed by atoms with van der Waals surface area (Å²) in [5.74, 6) is -0.914. The Morgan fingerprint density at radius 3 is 2.14 bits per heavy atom. The van der Waals surface area contributed by atoms with Gasteiger partial charge in [-0.1, -0.05) is 58.4 Å². The lowest BCUT2D eigenvalue weighted by molar-refractivity contribution is -0.153. The maximum atomic E-state index is 12.9. The van der Waals surface area contributed by atoms with E-state index in [2.05, 4.69) is 47.0 Å². The predicted octanol–water partition coefficient (Wildman–Crippen LogP) is 6.66. The van der Waals surface area contributed by atoms with Crippen molar-refractivity contribution in [3.63, 3.8) is 0 Å². The maximum absolute atomic E-state index is 12.9. The van der Waals surface area contributed by atoms with Gasteiger partial charge in [0.15, 0.2) is 8.32 Å². The average Bonchev–Trinajstić information content (AvgIpc) is 2.91. The summed E-state index contributed by atoms with van der Waals surface area (Å²) in [5.41, 5.74) is 1.80. The molecule has 0 aliphatic heterocycles. The average molecular weight is 621 g/mol. The van der Waals surface area contributed by atoms with Gasteiger partial charge in [0.25, 0.3) is 0 Å². The van der Waals surface area contributed by atoms with Crippen LogP contribution in [0.25, 0.3) is 0 Å². The zero-order chi connectivity index (χ0) is 33.0. The highest BCUT2D eigenvalue weighted by atomic mass is 28.4. The van der Waals surface area contributed by atoms with E-state index >= 15 is 0 Å². The van der Waals surface area contributed by atoms with Crippen LogP contribution >= 0.6 is 0 Å². The lowest BCUT2D eigenvalue weighted by atomic mass is 9.84. The van der Waals surface area contributed by atoms with Crippen molar-refractivity contribution in [3.05, 3.63) is 54.6 Å². The first-order valence-electron chi connectivity index (χ1n) is 15.0. The van der Waals surface area contributed by atoms with Crippen LogP contribution in [0.2, 0.25) is 18.1 Å². The Morgan fingerprint density at radius 2 is 1.65 bits per heavy atom. The fourth-order valence-corrected chi connectivity index (χ4v) is 5.58. The third-order valence-corrected chi connectivity index (χ3v) is 12.9. The van der Waals surface area contributed by atoms with E-state index in [1.165, 1.54) is 0 Å². The van der Waals surface area contributed by atoms with Crippen LogP contribution in [-0.4, -0.2) is 70.4 Å². The molecule has 0 aromatic heterocycles. The number of esters is 1. The molecule has 244 valence electrons. The molecule has 43 heavy (non-hydrogen) atoms. The van der Waals surface area contributed by atoms with Crippen LogP contribution in [0.4, 0.5) is 0 Å². The number of hydrogen-bond acceptors (Lipinski definition) is 8. The van der Waals surface area contributed by atoms with E-state index in [0.717, 1.165) is 16.9 Å². The van der Waals surface area contributed by atoms with Crippen LogP contribution in [0.1, 0.15) is 66.4 Å². The van der Waals surface area contributed by atoms with Gasteiger partial charge in [0, 0.05) is 31.8 Å². The molecule has 0 fully saturated rings. The summed E-state index contributed by atoms with van der Waals surface area (Å²) in [5, 5.41) is 11.1.